The molecule has 4 amide bonds. The van der Waals surface area contributed by atoms with E-state index in [0.29, 0.717) is 55.4 Å². The fourth-order valence-electron chi connectivity index (χ4n) is 7.18. The molecule has 2 aromatic rings. The quantitative estimate of drug-likeness (QED) is 0.139. The molecule has 1 aromatic carbocycles. The zero-order valence-electron chi connectivity index (χ0n) is 30.8. The number of ether oxygens (including phenoxy) is 2. The molecular formula is C37H52N6O9S. The molecule has 3 aliphatic rings. The van der Waals surface area contributed by atoms with Gasteiger partial charge in [-0.15, -0.1) is 6.58 Å². The number of aromatic nitrogens is 2. The second kappa shape index (κ2) is 17.6. The Hall–Kier alpha value is -4.47. The number of fused-ring (bicyclic) bond motifs is 1. The third kappa shape index (κ3) is 9.75. The zero-order chi connectivity index (χ0) is 38.3. The van der Waals surface area contributed by atoms with Gasteiger partial charge < -0.3 is 30.0 Å². The summed E-state index contributed by atoms with van der Waals surface area (Å²) in [6.45, 7) is 7.66. The highest BCUT2D eigenvalue weighted by atomic mass is 32.2. The molecule has 2 aliphatic carbocycles. The highest BCUT2D eigenvalue weighted by Gasteiger charge is 2.45. The normalized spacial score (nSPS) is 22.0. The van der Waals surface area contributed by atoms with E-state index in [4.69, 9.17) is 9.47 Å². The maximum atomic E-state index is 13.4. The van der Waals surface area contributed by atoms with E-state index in [1.165, 1.54) is 22.7 Å². The van der Waals surface area contributed by atoms with Crippen molar-refractivity contribution in [2.24, 2.45) is 5.92 Å². The summed E-state index contributed by atoms with van der Waals surface area (Å²) in [7, 11) is -0.0513. The molecule has 3 fully saturated rings. The Morgan fingerprint density at radius 1 is 1.09 bits per heavy atom. The van der Waals surface area contributed by atoms with Crippen LogP contribution in [0.2, 0.25) is 0 Å². The van der Waals surface area contributed by atoms with Crippen LogP contribution in [0.5, 0.6) is 5.75 Å². The number of unbranched alkanes of at least 4 members (excludes halogenated alkanes) is 2. The molecule has 0 bridgehead atoms. The molecule has 6 atom stereocenters. The number of aromatic amines is 1. The standard InChI is InChI=1S/C37H52N6O9S/c1-5-11-27(31(44)41-53(50)37(3)18-19-37)39-32(45)29-14-10-21-42(29)33(46)23(2)38-36(49)52-30-15-9-13-24(30)12-7-6-8-20-43-34(47)26-17-16-25(51-4)22-28(26)40-35(43)48/h5,16-17,22-24,27,29-30H,1,6-15,18-21H2,2-4H3,(H,38,49)(H,39,45)(H,40,48)(H,41,44). The number of nitrogens with one attached hydrogen (secondary N) is 4. The predicted octanol–water partition coefficient (Wildman–Crippen LogP) is 2.93. The first-order chi connectivity index (χ1) is 25.3. The third-order valence-corrected chi connectivity index (χ3v) is 12.4. The molecule has 0 spiro atoms. The second-order valence-electron chi connectivity index (χ2n) is 14.6. The second-order valence-corrected chi connectivity index (χ2v) is 16.3. The Morgan fingerprint density at radius 2 is 1.87 bits per heavy atom. The smallest absolute Gasteiger partial charge is 0.408 e. The molecule has 6 unspecified atom stereocenters. The van der Waals surface area contributed by atoms with Gasteiger partial charge in [-0.1, -0.05) is 18.9 Å². The minimum absolute atomic E-state index is 0.127. The number of methoxy groups -OCH3 is 1. The molecule has 15 nitrogen and oxygen atoms in total. The molecule has 1 saturated heterocycles. The van der Waals surface area contributed by atoms with Gasteiger partial charge in [0.05, 0.1) is 22.8 Å². The Kier molecular flexibility index (Phi) is 13.2. The van der Waals surface area contributed by atoms with E-state index in [9.17, 15) is 33.0 Å². The number of amides is 4. The highest BCUT2D eigenvalue weighted by molar-refractivity contribution is 7.85. The fraction of sp³-hybridized carbons (Fsp3) is 0.622. The Morgan fingerprint density at radius 3 is 2.58 bits per heavy atom. The van der Waals surface area contributed by atoms with E-state index < -0.39 is 63.4 Å². The number of rotatable bonds is 17. The molecule has 2 heterocycles. The molecule has 4 N–H and O–H groups in total. The number of hydrogen-bond acceptors (Lipinski definition) is 9. The van der Waals surface area contributed by atoms with Crippen LogP contribution < -0.4 is 31.3 Å². The summed E-state index contributed by atoms with van der Waals surface area (Å²) >= 11 is 0. The summed E-state index contributed by atoms with van der Waals surface area (Å²) in [4.78, 5) is 82.2. The molecule has 2 saturated carbocycles. The van der Waals surface area contributed by atoms with Crippen LogP contribution in [0.25, 0.3) is 10.9 Å². The number of carbonyl (C=O) groups is 4. The van der Waals surface area contributed by atoms with Gasteiger partial charge in [-0.25, -0.2) is 13.8 Å². The molecule has 53 heavy (non-hydrogen) atoms. The fourth-order valence-corrected chi connectivity index (χ4v) is 8.22. The number of nitrogens with zero attached hydrogens (tertiary/aromatic N) is 2. The van der Waals surface area contributed by atoms with Crippen LogP contribution in [0.1, 0.15) is 90.9 Å². The monoisotopic (exact) mass is 756 g/mol. The summed E-state index contributed by atoms with van der Waals surface area (Å²) in [6.07, 6.45) is 8.72. The number of likely N-dealkylation sites (tertiary alicyclic amines) is 1. The van der Waals surface area contributed by atoms with E-state index in [0.717, 1.165) is 44.9 Å². The van der Waals surface area contributed by atoms with Crippen molar-refractivity contribution in [3.63, 3.8) is 0 Å². The largest absolute Gasteiger partial charge is 0.497 e. The molecule has 1 aromatic heterocycles. The molecular weight excluding hydrogens is 705 g/mol. The molecule has 5 rings (SSSR count). The minimum atomic E-state index is -1.57. The third-order valence-electron chi connectivity index (χ3n) is 10.7. The highest BCUT2D eigenvalue weighted by Crippen LogP contribution is 2.40. The molecule has 16 heteroatoms. The first-order valence-electron chi connectivity index (χ1n) is 18.6. The van der Waals surface area contributed by atoms with Gasteiger partial charge in [-0.3, -0.25) is 28.5 Å². The van der Waals surface area contributed by atoms with E-state index in [-0.39, 0.29) is 24.0 Å². The summed E-state index contributed by atoms with van der Waals surface area (Å²) in [5, 5.41) is 5.77. The van der Waals surface area contributed by atoms with Gasteiger partial charge >= 0.3 is 11.8 Å². The lowest BCUT2D eigenvalue weighted by molar-refractivity contribution is -0.140. The summed E-state index contributed by atoms with van der Waals surface area (Å²) in [6, 6.07) is 2.19. The molecule has 1 aliphatic heterocycles. The summed E-state index contributed by atoms with van der Waals surface area (Å²) in [5.74, 6) is -0.790. The van der Waals surface area contributed by atoms with Crippen LogP contribution in [-0.2, 0) is 36.7 Å². The topological polar surface area (TPSA) is 198 Å². The Balaban J connectivity index is 1.06. The first-order valence-corrected chi connectivity index (χ1v) is 19.7. The minimum Gasteiger partial charge on any atom is -0.497 e. The lowest BCUT2D eigenvalue weighted by Crippen LogP contribution is -2.56. The number of H-pyrrole nitrogens is 1. The van der Waals surface area contributed by atoms with Gasteiger partial charge in [0.1, 0.15) is 41.0 Å². The van der Waals surface area contributed by atoms with Crippen LogP contribution in [0, 0.1) is 5.92 Å². The van der Waals surface area contributed by atoms with Crippen molar-refractivity contribution in [3.8, 4) is 5.75 Å². The van der Waals surface area contributed by atoms with Crippen LogP contribution in [-0.4, -0.2) is 85.1 Å². The van der Waals surface area contributed by atoms with Crippen molar-refractivity contribution >= 4 is 45.7 Å². The van der Waals surface area contributed by atoms with E-state index >= 15 is 0 Å². The van der Waals surface area contributed by atoms with E-state index in [1.807, 2.05) is 6.92 Å². The Labute approximate surface area is 311 Å². The van der Waals surface area contributed by atoms with Gasteiger partial charge in [0.15, 0.2) is 0 Å². The van der Waals surface area contributed by atoms with Gasteiger partial charge in [-0.05, 0) is 96.1 Å². The van der Waals surface area contributed by atoms with Crippen molar-refractivity contribution in [1.29, 1.82) is 0 Å². The van der Waals surface area contributed by atoms with Crippen LogP contribution in [0.4, 0.5) is 4.79 Å². The predicted molar refractivity (Wildman–Crippen MR) is 199 cm³/mol. The average molecular weight is 757 g/mol. The van der Waals surface area contributed by atoms with Crippen molar-refractivity contribution in [2.45, 2.75) is 126 Å². The van der Waals surface area contributed by atoms with E-state index in [2.05, 4.69) is 26.9 Å². The lowest BCUT2D eigenvalue weighted by atomic mass is 9.98. The van der Waals surface area contributed by atoms with E-state index in [1.54, 1.807) is 25.1 Å². The number of hydrogen-bond donors (Lipinski definition) is 4. The van der Waals surface area contributed by atoms with Gasteiger partial charge in [0, 0.05) is 19.2 Å². The lowest BCUT2D eigenvalue weighted by Gasteiger charge is -2.29. The maximum Gasteiger partial charge on any atom is 0.408 e. The van der Waals surface area contributed by atoms with Crippen LogP contribution in [0.15, 0.2) is 40.4 Å². The molecule has 290 valence electrons. The van der Waals surface area contributed by atoms with Crippen LogP contribution in [0.3, 0.4) is 0 Å². The zero-order valence-corrected chi connectivity index (χ0v) is 31.6. The van der Waals surface area contributed by atoms with Gasteiger partial charge in [0.25, 0.3) is 11.5 Å². The van der Waals surface area contributed by atoms with Gasteiger partial charge in [-0.2, -0.15) is 0 Å². The maximum absolute atomic E-state index is 13.4. The van der Waals surface area contributed by atoms with Crippen molar-refractivity contribution in [3.05, 3.63) is 51.7 Å². The number of benzene rings is 1. The number of alkyl carbamates (subject to hydrolysis) is 1. The first kappa shape index (κ1) is 39.7. The van der Waals surface area contributed by atoms with Crippen LogP contribution >= 0.6 is 0 Å². The van der Waals surface area contributed by atoms with Crippen molar-refractivity contribution in [1.82, 2.24) is 29.8 Å². The van der Waals surface area contributed by atoms with Gasteiger partial charge in [0.2, 0.25) is 11.8 Å². The SMILES string of the molecule is C=CCC(NC(=O)C1CCCN1C(=O)C(C)NC(=O)OC1CCCC1CCCCCn1c(=O)[nH]c2cc(OC)ccc2c1=O)C(=O)NS(=O)C1(C)CC1. The Bertz CT molecular complexity index is 1840. The number of carbonyl (C=O) groups excluding carboxylic acids is 4. The average Bonchev–Trinajstić information content (AvgIpc) is 3.47. The molecule has 0 radical (unpaired) electrons. The summed E-state index contributed by atoms with van der Waals surface area (Å²) in [5.41, 5.74) is -0.367. The van der Waals surface area contributed by atoms with Crippen molar-refractivity contribution in [2.75, 3.05) is 13.7 Å². The van der Waals surface area contributed by atoms with Crippen molar-refractivity contribution < 1.29 is 32.9 Å². The summed E-state index contributed by atoms with van der Waals surface area (Å²) < 4.78 is 26.8.